The van der Waals surface area contributed by atoms with Gasteiger partial charge in [0.1, 0.15) is 18.1 Å². The molecule has 0 saturated heterocycles. The van der Waals surface area contributed by atoms with Crippen LogP contribution in [-0.4, -0.2) is 12.5 Å². The van der Waals surface area contributed by atoms with Crippen LogP contribution in [0.4, 0.5) is 5.69 Å². The lowest BCUT2D eigenvalue weighted by atomic mass is 10.1. The van der Waals surface area contributed by atoms with Gasteiger partial charge in [-0.05, 0) is 42.3 Å². The van der Waals surface area contributed by atoms with Crippen molar-refractivity contribution < 1.29 is 14.3 Å². The zero-order chi connectivity index (χ0) is 20.5. The maximum absolute atomic E-state index is 13.0. The van der Waals surface area contributed by atoms with Crippen LogP contribution in [0.25, 0.3) is 0 Å². The lowest BCUT2D eigenvalue weighted by Crippen LogP contribution is -2.15. The Balaban J connectivity index is 1.75. The van der Waals surface area contributed by atoms with Gasteiger partial charge in [-0.1, -0.05) is 71.7 Å². The number of rotatable bonds is 9. The number of hydrogen-bond donors (Lipinski definition) is 1. The molecule has 0 unspecified atom stereocenters. The third kappa shape index (κ3) is 6.09. The SMILES string of the molecule is CCCCOc1ccc(Br)cc1C(=O)Nc1ccccc1OCc1ccccc1. The zero-order valence-corrected chi connectivity index (χ0v) is 17.9. The number of carbonyl (C=O) groups excluding carboxylic acids is 1. The van der Waals surface area contributed by atoms with Gasteiger partial charge in [-0.3, -0.25) is 4.79 Å². The lowest BCUT2D eigenvalue weighted by molar-refractivity contribution is 0.102. The monoisotopic (exact) mass is 453 g/mol. The highest BCUT2D eigenvalue weighted by atomic mass is 79.9. The molecular weight excluding hydrogens is 430 g/mol. The number of ether oxygens (including phenoxy) is 2. The molecule has 0 aliphatic heterocycles. The first kappa shape index (κ1) is 20.9. The normalized spacial score (nSPS) is 10.4. The van der Waals surface area contributed by atoms with Gasteiger partial charge in [-0.15, -0.1) is 0 Å². The summed E-state index contributed by atoms with van der Waals surface area (Å²) in [7, 11) is 0. The molecule has 3 aromatic rings. The molecule has 0 aliphatic carbocycles. The summed E-state index contributed by atoms with van der Waals surface area (Å²) >= 11 is 3.44. The second-order valence-corrected chi connectivity index (χ2v) is 7.48. The van der Waals surface area contributed by atoms with E-state index in [1.54, 1.807) is 6.07 Å². The van der Waals surface area contributed by atoms with Crippen molar-refractivity contribution >= 4 is 27.5 Å². The van der Waals surface area contributed by atoms with Crippen LogP contribution >= 0.6 is 15.9 Å². The van der Waals surface area contributed by atoms with Crippen molar-refractivity contribution in [2.75, 3.05) is 11.9 Å². The summed E-state index contributed by atoms with van der Waals surface area (Å²) < 4.78 is 12.6. The van der Waals surface area contributed by atoms with Crippen LogP contribution in [-0.2, 0) is 6.61 Å². The summed E-state index contributed by atoms with van der Waals surface area (Å²) in [6, 6.07) is 22.8. The molecule has 5 heteroatoms. The topological polar surface area (TPSA) is 47.6 Å². The van der Waals surface area contributed by atoms with Crippen LogP contribution in [0, 0.1) is 0 Å². The summed E-state index contributed by atoms with van der Waals surface area (Å²) in [6.45, 7) is 3.11. The predicted octanol–water partition coefficient (Wildman–Crippen LogP) is 6.46. The number of unbranched alkanes of at least 4 members (excludes halogenated alkanes) is 1. The van der Waals surface area contributed by atoms with Crippen LogP contribution in [0.2, 0.25) is 0 Å². The van der Waals surface area contributed by atoms with Gasteiger partial charge in [0.25, 0.3) is 5.91 Å². The Morgan fingerprint density at radius 2 is 1.69 bits per heavy atom. The molecule has 0 aromatic heterocycles. The van der Waals surface area contributed by atoms with Gasteiger partial charge < -0.3 is 14.8 Å². The van der Waals surface area contributed by atoms with E-state index in [4.69, 9.17) is 9.47 Å². The minimum Gasteiger partial charge on any atom is -0.493 e. The van der Waals surface area contributed by atoms with Crippen LogP contribution in [0.1, 0.15) is 35.7 Å². The van der Waals surface area contributed by atoms with Crippen molar-refractivity contribution in [2.24, 2.45) is 0 Å². The first-order valence-electron chi connectivity index (χ1n) is 9.67. The van der Waals surface area contributed by atoms with Gasteiger partial charge in [0.15, 0.2) is 0 Å². The first-order valence-corrected chi connectivity index (χ1v) is 10.5. The number of nitrogens with one attached hydrogen (secondary N) is 1. The molecule has 3 rings (SSSR count). The molecule has 0 bridgehead atoms. The Labute approximate surface area is 180 Å². The standard InChI is InChI=1S/C24H24BrNO3/c1-2-3-15-28-22-14-13-19(25)16-20(22)24(27)26-21-11-7-8-12-23(21)29-17-18-9-5-4-6-10-18/h4-14,16H,2-3,15,17H2,1H3,(H,26,27). The van der Waals surface area contributed by atoms with Crippen LogP contribution < -0.4 is 14.8 Å². The van der Waals surface area contributed by atoms with Gasteiger partial charge in [-0.2, -0.15) is 0 Å². The molecule has 0 aliphatic rings. The van der Waals surface area contributed by atoms with Gasteiger partial charge in [0.05, 0.1) is 17.9 Å². The molecule has 0 heterocycles. The minimum atomic E-state index is -0.242. The van der Waals surface area contributed by atoms with Gasteiger partial charge >= 0.3 is 0 Å². The lowest BCUT2D eigenvalue weighted by Gasteiger charge is -2.15. The summed E-state index contributed by atoms with van der Waals surface area (Å²) in [5.74, 6) is 0.948. The van der Waals surface area contributed by atoms with Crippen molar-refractivity contribution in [1.29, 1.82) is 0 Å². The van der Waals surface area contributed by atoms with Crippen LogP contribution in [0.15, 0.2) is 77.3 Å². The molecule has 4 nitrogen and oxygen atoms in total. The fourth-order valence-corrected chi connectivity index (χ4v) is 3.11. The van der Waals surface area contributed by atoms with E-state index >= 15 is 0 Å². The van der Waals surface area contributed by atoms with E-state index in [1.165, 1.54) is 0 Å². The molecule has 1 N–H and O–H groups in total. The highest BCUT2D eigenvalue weighted by Gasteiger charge is 2.15. The number of anilines is 1. The second kappa shape index (κ2) is 10.7. The van der Waals surface area contributed by atoms with Gasteiger partial charge in [-0.25, -0.2) is 0 Å². The van der Waals surface area contributed by atoms with Crippen molar-refractivity contribution in [1.82, 2.24) is 0 Å². The van der Waals surface area contributed by atoms with E-state index in [0.717, 1.165) is 22.9 Å². The Hall–Kier alpha value is -2.79. The largest absolute Gasteiger partial charge is 0.493 e. The summed E-state index contributed by atoms with van der Waals surface area (Å²) in [5.41, 5.74) is 2.16. The van der Waals surface area contributed by atoms with E-state index < -0.39 is 0 Å². The smallest absolute Gasteiger partial charge is 0.259 e. The number of halogens is 1. The molecule has 29 heavy (non-hydrogen) atoms. The minimum absolute atomic E-state index is 0.242. The van der Waals surface area contributed by atoms with Crippen molar-refractivity contribution in [3.63, 3.8) is 0 Å². The highest BCUT2D eigenvalue weighted by molar-refractivity contribution is 9.10. The molecule has 0 fully saturated rings. The summed E-state index contributed by atoms with van der Waals surface area (Å²) in [4.78, 5) is 13.0. The Bertz CT molecular complexity index is 944. The Kier molecular flexibility index (Phi) is 7.70. The molecular formula is C24H24BrNO3. The number of benzene rings is 3. The molecule has 150 valence electrons. The fraction of sp³-hybridized carbons (Fsp3) is 0.208. The molecule has 3 aromatic carbocycles. The van der Waals surface area contributed by atoms with E-state index in [9.17, 15) is 4.79 Å². The average Bonchev–Trinajstić information content (AvgIpc) is 2.75. The van der Waals surface area contributed by atoms with E-state index in [-0.39, 0.29) is 5.91 Å². The average molecular weight is 454 g/mol. The molecule has 0 spiro atoms. The molecule has 1 amide bonds. The Morgan fingerprint density at radius 3 is 2.48 bits per heavy atom. The summed E-state index contributed by atoms with van der Waals surface area (Å²) in [5, 5.41) is 2.96. The summed E-state index contributed by atoms with van der Waals surface area (Å²) in [6.07, 6.45) is 1.97. The molecule has 0 saturated carbocycles. The van der Waals surface area contributed by atoms with Crippen molar-refractivity contribution in [2.45, 2.75) is 26.4 Å². The van der Waals surface area contributed by atoms with Crippen molar-refractivity contribution in [3.05, 3.63) is 88.4 Å². The first-order chi connectivity index (χ1) is 14.2. The van der Waals surface area contributed by atoms with E-state index in [0.29, 0.717) is 36.0 Å². The van der Waals surface area contributed by atoms with Crippen LogP contribution in [0.5, 0.6) is 11.5 Å². The predicted molar refractivity (Wildman–Crippen MR) is 120 cm³/mol. The van der Waals surface area contributed by atoms with Gasteiger partial charge in [0.2, 0.25) is 0 Å². The van der Waals surface area contributed by atoms with Gasteiger partial charge in [0, 0.05) is 4.47 Å². The number of carbonyl (C=O) groups is 1. The van der Waals surface area contributed by atoms with E-state index in [2.05, 4.69) is 28.2 Å². The quantitative estimate of drug-likeness (QED) is 0.378. The Morgan fingerprint density at radius 1 is 0.931 bits per heavy atom. The van der Waals surface area contributed by atoms with E-state index in [1.807, 2.05) is 66.7 Å². The van der Waals surface area contributed by atoms with Crippen molar-refractivity contribution in [3.8, 4) is 11.5 Å². The zero-order valence-electron chi connectivity index (χ0n) is 16.4. The number of para-hydroxylation sites is 2. The highest BCUT2D eigenvalue weighted by Crippen LogP contribution is 2.28. The molecule has 0 radical (unpaired) electrons. The maximum atomic E-state index is 13.0. The number of hydrogen-bond acceptors (Lipinski definition) is 3. The fourth-order valence-electron chi connectivity index (χ4n) is 2.75. The van der Waals surface area contributed by atoms with Crippen LogP contribution in [0.3, 0.4) is 0 Å². The maximum Gasteiger partial charge on any atom is 0.259 e. The third-order valence-electron chi connectivity index (χ3n) is 4.31. The molecule has 0 atom stereocenters. The number of amides is 1. The third-order valence-corrected chi connectivity index (χ3v) is 4.81. The second-order valence-electron chi connectivity index (χ2n) is 6.57.